The fraction of sp³-hybridized carbons (Fsp3) is 0.909. The molecule has 0 saturated carbocycles. The van der Waals surface area contributed by atoms with Crippen molar-refractivity contribution in [2.45, 2.75) is 37.8 Å². The molecule has 2 aliphatic heterocycles. The molecule has 0 amide bonds. The lowest BCUT2D eigenvalue weighted by molar-refractivity contribution is -0.859. The number of hydrogen-bond donors (Lipinski definition) is 2. The molecule has 0 radical (unpaired) electrons. The Kier molecular flexibility index (Phi) is 3.42. The van der Waals surface area contributed by atoms with E-state index in [-0.39, 0.29) is 6.10 Å². The molecule has 2 fully saturated rings. The largest absolute Gasteiger partial charge is 0.468 e. The van der Waals surface area contributed by atoms with Crippen LogP contribution in [0.2, 0.25) is 0 Å². The monoisotopic (exact) mass is 198 g/mol. The lowest BCUT2D eigenvalue weighted by Gasteiger charge is -2.40. The highest BCUT2D eigenvalue weighted by Gasteiger charge is 2.26. The average molecular weight is 198 g/mol. The summed E-state index contributed by atoms with van der Waals surface area (Å²) in [5.41, 5.74) is 0. The van der Waals surface area contributed by atoms with Gasteiger partial charge in [0.15, 0.2) is 0 Å². The quantitative estimate of drug-likeness (QED) is 0.544. The molecule has 0 atom stereocenters. The van der Waals surface area contributed by atoms with Gasteiger partial charge in [-0.25, -0.2) is 0 Å². The van der Waals surface area contributed by atoms with Crippen LogP contribution in [0.15, 0.2) is 0 Å². The summed E-state index contributed by atoms with van der Waals surface area (Å²) in [6, 6.07) is 0.771. The van der Waals surface area contributed by atoms with Crippen molar-refractivity contribution in [3.8, 4) is 0 Å². The normalized spacial score (nSPS) is 37.3. The molecule has 2 heterocycles. The summed E-state index contributed by atoms with van der Waals surface area (Å²) < 4.78 is 0. The standard InChI is InChI=1S/C11H22N2O/c1-12-6-2-10(3-7-12)13-8-4-11(14)5-9-13/h10-12,14H,1-9H2. The Bertz CT molecular complexity index is 150. The molecule has 2 aliphatic rings. The number of hydrogen-bond acceptors (Lipinski definition) is 2. The Labute approximate surface area is 86.7 Å². The van der Waals surface area contributed by atoms with Crippen molar-refractivity contribution in [2.75, 3.05) is 26.2 Å². The summed E-state index contributed by atoms with van der Waals surface area (Å²) in [4.78, 5) is 4.00. The van der Waals surface area contributed by atoms with E-state index in [1.165, 1.54) is 30.8 Å². The number of aliphatic hydroxyl groups excluding tert-OH is 1. The Balaban J connectivity index is 1.78. The summed E-state index contributed by atoms with van der Waals surface area (Å²) in [6.07, 6.45) is 4.48. The second kappa shape index (κ2) is 4.60. The molecule has 3 nitrogen and oxygen atoms in total. The van der Waals surface area contributed by atoms with E-state index in [1.54, 1.807) is 0 Å². The Morgan fingerprint density at radius 3 is 2.21 bits per heavy atom. The maximum absolute atomic E-state index is 9.43. The molecule has 2 saturated heterocycles. The molecule has 0 aliphatic carbocycles. The minimum Gasteiger partial charge on any atom is -0.468 e. The van der Waals surface area contributed by atoms with Gasteiger partial charge in [-0.15, -0.1) is 0 Å². The third-order valence-corrected chi connectivity index (χ3v) is 3.68. The number of rotatable bonds is 1. The van der Waals surface area contributed by atoms with Crippen molar-refractivity contribution < 1.29 is 10.0 Å². The number of quaternary nitrogens is 1. The van der Waals surface area contributed by atoms with Gasteiger partial charge in [-0.1, -0.05) is 0 Å². The van der Waals surface area contributed by atoms with Gasteiger partial charge in [-0.3, -0.25) is 4.90 Å². The number of aliphatic hydroxyl groups is 1. The average Bonchev–Trinajstić information content (AvgIpc) is 2.21. The minimum atomic E-state index is -0.0372. The first-order valence-electron chi connectivity index (χ1n) is 5.84. The van der Waals surface area contributed by atoms with Crippen LogP contribution in [0.1, 0.15) is 25.7 Å². The van der Waals surface area contributed by atoms with Crippen LogP contribution in [-0.4, -0.2) is 48.3 Å². The van der Waals surface area contributed by atoms with Crippen molar-refractivity contribution in [1.29, 1.82) is 0 Å². The number of nitrogens with zero attached hydrogens (tertiary/aromatic N) is 1. The van der Waals surface area contributed by atoms with Gasteiger partial charge in [-0.2, -0.15) is 7.05 Å². The maximum Gasteiger partial charge on any atom is 0.0564 e. The minimum absolute atomic E-state index is 0.0372. The number of piperidine rings is 2. The van der Waals surface area contributed by atoms with Gasteiger partial charge < -0.3 is 10.0 Å². The first kappa shape index (κ1) is 10.4. The van der Waals surface area contributed by atoms with Crippen molar-refractivity contribution in [3.05, 3.63) is 7.05 Å². The summed E-state index contributed by atoms with van der Waals surface area (Å²) in [6.45, 7) is 4.62. The van der Waals surface area contributed by atoms with E-state index in [0.717, 1.165) is 32.0 Å². The smallest absolute Gasteiger partial charge is 0.0564 e. The SMILES string of the molecule is [CH2-][NH+]1CCC(N2CCC(O)CC2)CC1. The topological polar surface area (TPSA) is 27.9 Å². The molecule has 0 spiro atoms. The third kappa shape index (κ3) is 2.47. The van der Waals surface area contributed by atoms with Crippen LogP contribution in [0.5, 0.6) is 0 Å². The highest BCUT2D eigenvalue weighted by atomic mass is 16.3. The van der Waals surface area contributed by atoms with E-state index in [0.29, 0.717) is 0 Å². The summed E-state index contributed by atoms with van der Waals surface area (Å²) in [5.74, 6) is 0. The predicted molar refractivity (Wildman–Crippen MR) is 55.9 cm³/mol. The first-order chi connectivity index (χ1) is 6.75. The summed E-state index contributed by atoms with van der Waals surface area (Å²) in [7, 11) is 4.05. The van der Waals surface area contributed by atoms with Crippen LogP contribution in [0.4, 0.5) is 0 Å². The van der Waals surface area contributed by atoms with Crippen molar-refractivity contribution in [3.63, 3.8) is 0 Å². The van der Waals surface area contributed by atoms with Crippen molar-refractivity contribution in [2.24, 2.45) is 0 Å². The zero-order chi connectivity index (χ0) is 9.97. The van der Waals surface area contributed by atoms with Gasteiger partial charge >= 0.3 is 0 Å². The van der Waals surface area contributed by atoms with Crippen molar-refractivity contribution >= 4 is 0 Å². The Morgan fingerprint density at radius 1 is 1.07 bits per heavy atom. The summed E-state index contributed by atoms with van der Waals surface area (Å²) >= 11 is 0. The van der Waals surface area contributed by atoms with Gasteiger partial charge in [0, 0.05) is 32.0 Å². The van der Waals surface area contributed by atoms with Gasteiger partial charge in [0.2, 0.25) is 0 Å². The number of likely N-dealkylation sites (tertiary alicyclic amines) is 2. The molecule has 0 aromatic heterocycles. The van der Waals surface area contributed by atoms with Gasteiger partial charge in [0.25, 0.3) is 0 Å². The molecule has 2 N–H and O–H groups in total. The van der Waals surface area contributed by atoms with Gasteiger partial charge in [0.05, 0.1) is 19.2 Å². The van der Waals surface area contributed by atoms with E-state index < -0.39 is 0 Å². The molecule has 3 heteroatoms. The van der Waals surface area contributed by atoms with Crippen LogP contribution in [-0.2, 0) is 0 Å². The molecule has 2 rings (SSSR count). The van der Waals surface area contributed by atoms with E-state index in [2.05, 4.69) is 11.9 Å². The molecular formula is C11H22N2O. The maximum atomic E-state index is 9.43. The summed E-state index contributed by atoms with van der Waals surface area (Å²) in [5, 5.41) is 9.43. The third-order valence-electron chi connectivity index (χ3n) is 3.68. The fourth-order valence-electron chi connectivity index (χ4n) is 2.63. The molecule has 82 valence electrons. The zero-order valence-electron chi connectivity index (χ0n) is 8.91. The van der Waals surface area contributed by atoms with Gasteiger partial charge in [0.1, 0.15) is 0 Å². The second-order valence-corrected chi connectivity index (χ2v) is 4.75. The van der Waals surface area contributed by atoms with Crippen LogP contribution in [0.3, 0.4) is 0 Å². The number of nitrogens with one attached hydrogen (secondary N) is 1. The van der Waals surface area contributed by atoms with Crippen LogP contribution < -0.4 is 4.90 Å². The Morgan fingerprint density at radius 2 is 1.64 bits per heavy atom. The molecule has 0 unspecified atom stereocenters. The van der Waals surface area contributed by atoms with E-state index >= 15 is 0 Å². The highest BCUT2D eigenvalue weighted by molar-refractivity contribution is 4.79. The molecule has 14 heavy (non-hydrogen) atoms. The zero-order valence-corrected chi connectivity index (χ0v) is 8.91. The van der Waals surface area contributed by atoms with Gasteiger partial charge in [-0.05, 0) is 12.8 Å². The molecule has 0 aromatic carbocycles. The lowest BCUT2D eigenvalue weighted by atomic mass is 9.99. The fourth-order valence-corrected chi connectivity index (χ4v) is 2.63. The van der Waals surface area contributed by atoms with Crippen LogP contribution in [0.25, 0.3) is 0 Å². The highest BCUT2D eigenvalue weighted by Crippen LogP contribution is 2.17. The molecule has 0 bridgehead atoms. The van der Waals surface area contributed by atoms with E-state index in [4.69, 9.17) is 0 Å². The van der Waals surface area contributed by atoms with Crippen molar-refractivity contribution in [1.82, 2.24) is 4.90 Å². The van der Waals surface area contributed by atoms with E-state index in [1.807, 2.05) is 0 Å². The lowest BCUT2D eigenvalue weighted by Crippen LogP contribution is -3.08. The molecule has 0 aromatic rings. The first-order valence-corrected chi connectivity index (χ1v) is 5.84. The Hall–Kier alpha value is -0.120. The van der Waals surface area contributed by atoms with Crippen LogP contribution >= 0.6 is 0 Å². The molecular weight excluding hydrogens is 176 g/mol. The van der Waals surface area contributed by atoms with E-state index in [9.17, 15) is 5.11 Å². The second-order valence-electron chi connectivity index (χ2n) is 4.75. The predicted octanol–water partition coefficient (Wildman–Crippen LogP) is -0.718. The van der Waals surface area contributed by atoms with Crippen LogP contribution in [0, 0.1) is 7.05 Å².